The summed E-state index contributed by atoms with van der Waals surface area (Å²) in [6, 6.07) is 13.9. The molecular formula is C18H20FN. The summed E-state index contributed by atoms with van der Waals surface area (Å²) in [6.45, 7) is 2.70. The SMILES string of the molecule is CC(NCc1ccccc1F)c1ccc2c(c1)CCC2. The molecule has 0 saturated carbocycles. The molecule has 1 atom stereocenters. The number of hydrogen-bond donors (Lipinski definition) is 1. The Labute approximate surface area is 119 Å². The van der Waals surface area contributed by atoms with E-state index in [4.69, 9.17) is 0 Å². The Morgan fingerprint density at radius 1 is 1.10 bits per heavy atom. The van der Waals surface area contributed by atoms with Gasteiger partial charge in [-0.15, -0.1) is 0 Å². The average molecular weight is 269 g/mol. The molecule has 1 N–H and O–H groups in total. The van der Waals surface area contributed by atoms with E-state index in [1.54, 1.807) is 6.07 Å². The van der Waals surface area contributed by atoms with Crippen molar-refractivity contribution < 1.29 is 4.39 Å². The van der Waals surface area contributed by atoms with Crippen LogP contribution in [-0.2, 0) is 19.4 Å². The molecule has 0 spiro atoms. The Morgan fingerprint density at radius 3 is 2.75 bits per heavy atom. The number of nitrogens with one attached hydrogen (secondary N) is 1. The molecule has 0 radical (unpaired) electrons. The summed E-state index contributed by atoms with van der Waals surface area (Å²) >= 11 is 0. The van der Waals surface area contributed by atoms with Crippen molar-refractivity contribution in [1.29, 1.82) is 0 Å². The molecule has 1 unspecified atom stereocenters. The first kappa shape index (κ1) is 13.3. The van der Waals surface area contributed by atoms with Gasteiger partial charge in [0.2, 0.25) is 0 Å². The number of fused-ring (bicyclic) bond motifs is 1. The first-order valence-electron chi connectivity index (χ1n) is 7.32. The molecule has 1 aliphatic rings. The minimum atomic E-state index is -0.138. The second-order valence-corrected chi connectivity index (χ2v) is 5.58. The van der Waals surface area contributed by atoms with Crippen molar-refractivity contribution in [2.45, 2.75) is 38.8 Å². The average Bonchev–Trinajstić information content (AvgIpc) is 2.93. The van der Waals surface area contributed by atoms with Gasteiger partial charge in [0.05, 0.1) is 0 Å². The third-order valence-corrected chi connectivity index (χ3v) is 4.18. The summed E-state index contributed by atoms with van der Waals surface area (Å²) in [6.07, 6.45) is 3.69. The number of hydrogen-bond acceptors (Lipinski definition) is 1. The van der Waals surface area contributed by atoms with Crippen molar-refractivity contribution >= 4 is 0 Å². The van der Waals surface area contributed by atoms with Crippen LogP contribution in [0.2, 0.25) is 0 Å². The van der Waals surface area contributed by atoms with E-state index in [2.05, 4.69) is 30.4 Å². The van der Waals surface area contributed by atoms with Crippen molar-refractivity contribution in [1.82, 2.24) is 5.32 Å². The van der Waals surface area contributed by atoms with E-state index < -0.39 is 0 Å². The lowest BCUT2D eigenvalue weighted by Crippen LogP contribution is -2.19. The number of rotatable bonds is 4. The van der Waals surface area contributed by atoms with Crippen molar-refractivity contribution in [2.75, 3.05) is 0 Å². The molecule has 104 valence electrons. The molecule has 0 bridgehead atoms. The predicted octanol–water partition coefficient (Wildman–Crippen LogP) is 4.17. The van der Waals surface area contributed by atoms with Gasteiger partial charge in [-0.25, -0.2) is 4.39 Å². The summed E-state index contributed by atoms with van der Waals surface area (Å²) in [7, 11) is 0. The highest BCUT2D eigenvalue weighted by Crippen LogP contribution is 2.25. The molecule has 20 heavy (non-hydrogen) atoms. The highest BCUT2D eigenvalue weighted by molar-refractivity contribution is 5.36. The standard InChI is InChI=1S/C18H20FN/c1-13(20-12-17-5-2-3-8-18(17)19)15-10-9-14-6-4-7-16(14)11-15/h2-3,5,8-11,13,20H,4,6-7,12H2,1H3. The van der Waals surface area contributed by atoms with Gasteiger partial charge in [-0.05, 0) is 48.9 Å². The molecule has 0 saturated heterocycles. The van der Waals surface area contributed by atoms with Crippen molar-refractivity contribution in [3.63, 3.8) is 0 Å². The first-order chi connectivity index (χ1) is 9.74. The minimum absolute atomic E-state index is 0.138. The summed E-state index contributed by atoms with van der Waals surface area (Å²) < 4.78 is 13.6. The molecule has 0 fully saturated rings. The third-order valence-electron chi connectivity index (χ3n) is 4.18. The van der Waals surface area contributed by atoms with Crippen LogP contribution in [0.4, 0.5) is 4.39 Å². The summed E-state index contributed by atoms with van der Waals surface area (Å²) in [5, 5.41) is 3.41. The molecule has 0 heterocycles. The zero-order valence-corrected chi connectivity index (χ0v) is 11.8. The van der Waals surface area contributed by atoms with Crippen LogP contribution in [0.5, 0.6) is 0 Å². The van der Waals surface area contributed by atoms with Gasteiger partial charge in [0.25, 0.3) is 0 Å². The Hall–Kier alpha value is -1.67. The largest absolute Gasteiger partial charge is 0.306 e. The van der Waals surface area contributed by atoms with Crippen molar-refractivity contribution in [3.8, 4) is 0 Å². The van der Waals surface area contributed by atoms with Crippen molar-refractivity contribution in [3.05, 3.63) is 70.5 Å². The van der Waals surface area contributed by atoms with E-state index >= 15 is 0 Å². The molecule has 1 nitrogen and oxygen atoms in total. The van der Waals surface area contributed by atoms with Crippen molar-refractivity contribution in [2.24, 2.45) is 0 Å². The second-order valence-electron chi connectivity index (χ2n) is 5.58. The summed E-state index contributed by atoms with van der Waals surface area (Å²) in [4.78, 5) is 0. The Bertz CT molecular complexity index is 606. The Balaban J connectivity index is 1.67. The van der Waals surface area contributed by atoms with Gasteiger partial charge in [-0.1, -0.05) is 36.4 Å². The van der Waals surface area contributed by atoms with Gasteiger partial charge in [-0.3, -0.25) is 0 Å². The zero-order valence-electron chi connectivity index (χ0n) is 11.8. The van der Waals surface area contributed by atoms with E-state index in [9.17, 15) is 4.39 Å². The molecule has 1 aliphatic carbocycles. The first-order valence-corrected chi connectivity index (χ1v) is 7.32. The fourth-order valence-electron chi connectivity index (χ4n) is 2.88. The smallest absolute Gasteiger partial charge is 0.127 e. The fourth-order valence-corrected chi connectivity index (χ4v) is 2.88. The van der Waals surface area contributed by atoms with E-state index in [0.29, 0.717) is 6.54 Å². The van der Waals surface area contributed by atoms with Crippen LogP contribution in [0.1, 0.15) is 41.6 Å². The minimum Gasteiger partial charge on any atom is -0.306 e. The maximum absolute atomic E-state index is 13.6. The number of benzene rings is 2. The lowest BCUT2D eigenvalue weighted by Gasteiger charge is -2.16. The molecule has 3 rings (SSSR count). The highest BCUT2D eigenvalue weighted by atomic mass is 19.1. The van der Waals surface area contributed by atoms with Crippen LogP contribution in [-0.4, -0.2) is 0 Å². The summed E-state index contributed by atoms with van der Waals surface area (Å²) in [5.74, 6) is -0.138. The Morgan fingerprint density at radius 2 is 1.90 bits per heavy atom. The van der Waals surface area contributed by atoms with Gasteiger partial charge in [-0.2, -0.15) is 0 Å². The Kier molecular flexibility index (Phi) is 3.83. The normalized spacial score (nSPS) is 15.1. The van der Waals surface area contributed by atoms with Crippen LogP contribution in [0.25, 0.3) is 0 Å². The highest BCUT2D eigenvalue weighted by Gasteiger charge is 2.13. The van der Waals surface area contributed by atoms with Crippen LogP contribution in [0.3, 0.4) is 0 Å². The maximum Gasteiger partial charge on any atom is 0.127 e. The van der Waals surface area contributed by atoms with Crippen LogP contribution in [0, 0.1) is 5.82 Å². The fraction of sp³-hybridized carbons (Fsp3) is 0.333. The third kappa shape index (κ3) is 2.75. The zero-order chi connectivity index (χ0) is 13.9. The van der Waals surface area contributed by atoms with E-state index in [1.165, 1.54) is 42.0 Å². The number of halogens is 1. The van der Waals surface area contributed by atoms with E-state index in [0.717, 1.165) is 5.56 Å². The van der Waals surface area contributed by atoms with E-state index in [1.807, 2.05) is 12.1 Å². The van der Waals surface area contributed by atoms with E-state index in [-0.39, 0.29) is 11.9 Å². The second kappa shape index (κ2) is 5.76. The predicted molar refractivity (Wildman–Crippen MR) is 80.1 cm³/mol. The van der Waals surface area contributed by atoms with Gasteiger partial charge in [0, 0.05) is 18.2 Å². The van der Waals surface area contributed by atoms with Crippen LogP contribution < -0.4 is 5.32 Å². The monoisotopic (exact) mass is 269 g/mol. The molecule has 0 aliphatic heterocycles. The van der Waals surface area contributed by atoms with Gasteiger partial charge in [0.15, 0.2) is 0 Å². The molecule has 2 heteroatoms. The van der Waals surface area contributed by atoms with Crippen LogP contribution >= 0.6 is 0 Å². The van der Waals surface area contributed by atoms with Gasteiger partial charge in [0.1, 0.15) is 5.82 Å². The van der Waals surface area contributed by atoms with Gasteiger partial charge >= 0.3 is 0 Å². The van der Waals surface area contributed by atoms with Crippen LogP contribution in [0.15, 0.2) is 42.5 Å². The summed E-state index contributed by atoms with van der Waals surface area (Å²) in [5.41, 5.74) is 5.00. The topological polar surface area (TPSA) is 12.0 Å². The number of aryl methyl sites for hydroxylation is 2. The molecular weight excluding hydrogens is 249 g/mol. The lowest BCUT2D eigenvalue weighted by molar-refractivity contribution is 0.544. The lowest BCUT2D eigenvalue weighted by atomic mass is 10.0. The molecule has 2 aromatic rings. The molecule has 0 aromatic heterocycles. The quantitative estimate of drug-likeness (QED) is 0.878. The molecule has 0 amide bonds. The molecule has 2 aromatic carbocycles. The van der Waals surface area contributed by atoms with Gasteiger partial charge < -0.3 is 5.32 Å². The maximum atomic E-state index is 13.6.